The van der Waals surface area contributed by atoms with Gasteiger partial charge in [0.15, 0.2) is 0 Å². The first-order valence-corrected chi connectivity index (χ1v) is 35.4. The normalized spacial score (nSPS) is 20.3. The van der Waals surface area contributed by atoms with Crippen LogP contribution in [0.1, 0.15) is 74.3 Å². The lowest BCUT2D eigenvalue weighted by Crippen LogP contribution is -2.55. The Kier molecular flexibility index (Phi) is 25.6. The van der Waals surface area contributed by atoms with E-state index in [1.165, 1.54) is 111 Å². The van der Waals surface area contributed by atoms with Crippen molar-refractivity contribution in [1.82, 2.24) is 57.0 Å². The van der Waals surface area contributed by atoms with Crippen LogP contribution in [0.5, 0.6) is 0 Å². The molecule has 3 saturated heterocycles. The Balaban J connectivity index is 0.000000200. The lowest BCUT2D eigenvalue weighted by atomic mass is 10.0. The molecule has 12 rings (SSSR count). The highest BCUT2D eigenvalue weighted by molar-refractivity contribution is 7.87. The molecule has 6 N–H and O–H groups in total. The van der Waals surface area contributed by atoms with Crippen LogP contribution in [0.4, 0.5) is 30.2 Å². The standard InChI is InChI=1S/3C19H17ClFN5O3S2.3CH4/c3*1-26-17(19(27)24-13-2-3-15(21)14(20)5-13)6-16(25-31(26,28)29)18-4-11(9-30-18)12-7-22-10-23-8-12;;;/h3*2-5,7-10,16-17,25H,6H2,1H3,(H,24,27);3*1H4/t2*16-,17+;;;;/m10..../s1. The molecule has 0 aliphatic carbocycles. The molecule has 3 fully saturated rings. The van der Waals surface area contributed by atoms with Gasteiger partial charge in [0.1, 0.15) is 54.6 Å². The van der Waals surface area contributed by atoms with Crippen LogP contribution in [-0.2, 0) is 45.0 Å². The summed E-state index contributed by atoms with van der Waals surface area (Å²) < 4.78 is 127. The second kappa shape index (κ2) is 32.4. The molecule has 0 radical (unpaired) electrons. The van der Waals surface area contributed by atoms with Crippen LogP contribution in [-0.4, -0.2) is 125 Å². The van der Waals surface area contributed by atoms with Crippen LogP contribution < -0.4 is 30.1 Å². The molecule has 6 atom stereocenters. The van der Waals surface area contributed by atoms with Crippen LogP contribution in [0.3, 0.4) is 0 Å². The van der Waals surface area contributed by atoms with Gasteiger partial charge in [0.25, 0.3) is 30.6 Å². The van der Waals surface area contributed by atoms with Crippen molar-refractivity contribution in [3.05, 3.63) is 192 Å². The zero-order valence-electron chi connectivity index (χ0n) is 48.4. The van der Waals surface area contributed by atoms with Crippen molar-refractivity contribution < 1.29 is 52.8 Å². The summed E-state index contributed by atoms with van der Waals surface area (Å²) in [6.07, 6.45) is 14.9. The second-order valence-corrected chi connectivity index (χ2v) is 30.1. The SMILES string of the molecule is C.C.C.CN1C(C(=O)Nc2ccc(F)c(Cl)c2)CC(c2cc(-c3cncnc3)cs2)NS1(=O)=O.CN1[C@@H](C(=O)Nc2ccc(F)c(Cl)c2)C[C@@H](c2cc(-c3cncnc3)cs2)NS1(=O)=O.CN1[C@H](C(=O)Nc2ccc(F)c(Cl)c2)C[C@H](c2cc(-c3cncnc3)cs2)NS1(=O)=O. The zero-order valence-corrected chi connectivity index (χ0v) is 55.5. The fourth-order valence-corrected chi connectivity index (χ4v) is 17.2. The van der Waals surface area contributed by atoms with Gasteiger partial charge in [-0.15, -0.1) is 34.0 Å². The molecule has 0 saturated carbocycles. The van der Waals surface area contributed by atoms with Gasteiger partial charge >= 0.3 is 0 Å². The van der Waals surface area contributed by atoms with Crippen LogP contribution >= 0.6 is 68.8 Å². The minimum absolute atomic E-state index is 0. The first kappa shape index (κ1) is 76.1. The number of halogens is 6. The van der Waals surface area contributed by atoms with E-state index in [4.69, 9.17) is 34.8 Å². The molecule has 0 spiro atoms. The number of hydrogen-bond acceptors (Lipinski definition) is 18. The summed E-state index contributed by atoms with van der Waals surface area (Å²) in [4.78, 5) is 64.9. The molecular formula is C60H63Cl3F3N15O9S6. The molecule has 3 aliphatic rings. The Bertz CT molecular complexity index is 4120. The Morgan fingerprint density at radius 3 is 0.896 bits per heavy atom. The van der Waals surface area contributed by atoms with Crippen LogP contribution in [0, 0.1) is 17.5 Å². The van der Waals surface area contributed by atoms with Crippen molar-refractivity contribution in [3.8, 4) is 33.4 Å². The van der Waals surface area contributed by atoms with Gasteiger partial charge in [0, 0.05) is 107 Å². The maximum atomic E-state index is 13.4. The number of nitrogens with one attached hydrogen (secondary N) is 6. The number of nitrogens with zero attached hydrogens (tertiary/aromatic N) is 9. The summed E-state index contributed by atoms with van der Waals surface area (Å²) in [5.41, 5.74) is 5.84. The van der Waals surface area contributed by atoms with Gasteiger partial charge in [-0.25, -0.2) is 43.1 Å². The third-order valence-corrected chi connectivity index (χ3v) is 23.5. The molecule has 0 bridgehead atoms. The smallest absolute Gasteiger partial charge is 0.280 e. The Morgan fingerprint density at radius 1 is 0.427 bits per heavy atom. The zero-order chi connectivity index (χ0) is 66.5. The van der Waals surface area contributed by atoms with Crippen LogP contribution in [0.2, 0.25) is 15.1 Å². The number of likely N-dealkylation sites (N-methyl/N-ethyl adjacent to an activating group) is 3. The van der Waals surface area contributed by atoms with Crippen molar-refractivity contribution >= 4 is 134 Å². The van der Waals surface area contributed by atoms with Crippen molar-refractivity contribution in [3.63, 3.8) is 0 Å². The molecule has 24 nitrogen and oxygen atoms in total. The molecule has 9 aromatic rings. The minimum atomic E-state index is -3.90. The van der Waals surface area contributed by atoms with E-state index in [9.17, 15) is 52.8 Å². The van der Waals surface area contributed by atoms with Gasteiger partial charge < -0.3 is 16.0 Å². The summed E-state index contributed by atoms with van der Waals surface area (Å²) in [6, 6.07) is 12.2. The van der Waals surface area contributed by atoms with E-state index < -0.39 is 102 Å². The van der Waals surface area contributed by atoms with E-state index in [0.717, 1.165) is 79.1 Å². The summed E-state index contributed by atoms with van der Waals surface area (Å²) >= 11 is 21.4. The average molecular weight is 1490 g/mol. The molecular weight excluding hydrogens is 1430 g/mol. The molecule has 96 heavy (non-hydrogen) atoms. The summed E-state index contributed by atoms with van der Waals surface area (Å²) in [7, 11) is -7.69. The van der Waals surface area contributed by atoms with Gasteiger partial charge in [0.2, 0.25) is 17.7 Å². The van der Waals surface area contributed by atoms with Gasteiger partial charge in [-0.05, 0) is 125 Å². The van der Waals surface area contributed by atoms with Crippen molar-refractivity contribution in [2.75, 3.05) is 37.1 Å². The van der Waals surface area contributed by atoms with Gasteiger partial charge in [0.05, 0.1) is 33.2 Å². The van der Waals surface area contributed by atoms with Crippen molar-refractivity contribution in [2.45, 2.75) is 77.8 Å². The summed E-state index contributed by atoms with van der Waals surface area (Å²) in [5.74, 6) is -3.44. The Labute approximate surface area is 580 Å². The van der Waals surface area contributed by atoms with E-state index in [1.54, 1.807) is 37.2 Å². The maximum Gasteiger partial charge on any atom is 0.280 e. The van der Waals surface area contributed by atoms with Crippen LogP contribution in [0.25, 0.3) is 33.4 Å². The molecule has 3 aromatic carbocycles. The lowest BCUT2D eigenvalue weighted by Gasteiger charge is -2.35. The fourth-order valence-electron chi connectivity index (χ4n) is 9.69. The predicted octanol–water partition coefficient (Wildman–Crippen LogP) is 11.6. The number of anilines is 3. The van der Waals surface area contributed by atoms with Crippen LogP contribution in [0.15, 0.2) is 145 Å². The van der Waals surface area contributed by atoms with Crippen molar-refractivity contribution in [2.24, 2.45) is 0 Å². The number of hydrogen-bond donors (Lipinski definition) is 6. The lowest BCUT2D eigenvalue weighted by molar-refractivity contribution is -0.120. The molecule has 510 valence electrons. The van der Waals surface area contributed by atoms with E-state index in [1.807, 2.05) is 34.3 Å². The Morgan fingerprint density at radius 2 is 0.667 bits per heavy atom. The number of aromatic nitrogens is 6. The highest BCUT2D eigenvalue weighted by Gasteiger charge is 2.44. The highest BCUT2D eigenvalue weighted by atomic mass is 35.5. The van der Waals surface area contributed by atoms with E-state index in [-0.39, 0.29) is 73.7 Å². The predicted molar refractivity (Wildman–Crippen MR) is 369 cm³/mol. The number of thiophene rings is 3. The van der Waals surface area contributed by atoms with E-state index in [0.29, 0.717) is 0 Å². The number of rotatable bonds is 12. The number of amides is 3. The highest BCUT2D eigenvalue weighted by Crippen LogP contribution is 2.39. The van der Waals surface area contributed by atoms with E-state index in [2.05, 4.69) is 60.0 Å². The minimum Gasteiger partial charge on any atom is -0.325 e. The van der Waals surface area contributed by atoms with Gasteiger partial charge in [-0.3, -0.25) is 14.4 Å². The molecule has 36 heteroatoms. The third-order valence-electron chi connectivity index (χ3n) is 14.7. The number of carbonyl (C=O) groups is 3. The fraction of sp³-hybridized carbons (Fsp3) is 0.250. The Hall–Kier alpha value is -7.32. The quantitative estimate of drug-likeness (QED) is 0.0662. The first-order valence-electron chi connectivity index (χ1n) is 27.3. The van der Waals surface area contributed by atoms with Gasteiger partial charge in [-0.2, -0.15) is 52.3 Å². The number of benzene rings is 3. The molecule has 3 aliphatic heterocycles. The first-order chi connectivity index (χ1) is 44.2. The van der Waals surface area contributed by atoms with Gasteiger partial charge in [-0.1, -0.05) is 57.1 Å². The molecule has 6 aromatic heterocycles. The second-order valence-electron chi connectivity index (χ2n) is 20.8. The third kappa shape index (κ3) is 18.1. The topological polar surface area (TPSA) is 313 Å². The molecule has 3 amide bonds. The average Bonchev–Trinajstić information content (AvgIpc) is 1.31. The molecule has 9 heterocycles. The van der Waals surface area contributed by atoms with Crippen molar-refractivity contribution in [1.29, 1.82) is 0 Å². The van der Waals surface area contributed by atoms with E-state index >= 15 is 0 Å². The monoisotopic (exact) mass is 1490 g/mol. The number of carbonyl (C=O) groups excluding carboxylic acids is 3. The summed E-state index contributed by atoms with van der Waals surface area (Å²) in [6.45, 7) is 0. The summed E-state index contributed by atoms with van der Waals surface area (Å²) in [5, 5.41) is 13.1. The molecule has 2 unspecified atom stereocenters. The largest absolute Gasteiger partial charge is 0.325 e. The maximum absolute atomic E-state index is 13.4.